The number of β-lactam (4-membered cyclic amide) rings is 1. The lowest BCUT2D eigenvalue weighted by Gasteiger charge is -2.49. The number of nitrogens with zero attached hydrogens (tertiary/aromatic N) is 1. The highest BCUT2D eigenvalue weighted by Crippen LogP contribution is 2.40. The summed E-state index contributed by atoms with van der Waals surface area (Å²) in [4.78, 5) is 73.1. The van der Waals surface area contributed by atoms with E-state index in [0.29, 0.717) is 4.88 Å². The van der Waals surface area contributed by atoms with Crippen molar-refractivity contribution >= 4 is 58.8 Å². The topological polar surface area (TPSA) is 197 Å². The minimum atomic E-state index is -1.35. The van der Waals surface area contributed by atoms with Crippen molar-refractivity contribution in [3.8, 4) is 0 Å². The number of hydrogen-bond acceptors (Lipinski definition) is 9. The number of thiophene rings is 1. The average molecular weight is 512 g/mol. The number of amides is 5. The molecule has 34 heavy (non-hydrogen) atoms. The van der Waals surface area contributed by atoms with Gasteiger partial charge in [0.05, 0.1) is 6.54 Å². The van der Waals surface area contributed by atoms with E-state index in [1.54, 1.807) is 17.5 Å². The SMILES string of the molecule is CC(=O)OCC1=C(C(=O)O)N2C(=O)[C@H](NC(=O)C(NC(=O)NCC(N)=O)c3cccs3)C2SC1. The van der Waals surface area contributed by atoms with Gasteiger partial charge in [0.2, 0.25) is 11.8 Å². The summed E-state index contributed by atoms with van der Waals surface area (Å²) < 4.78 is 4.89. The summed E-state index contributed by atoms with van der Waals surface area (Å²) in [6.07, 6.45) is 0. The molecular formula is C19H21N5O8S2. The predicted molar refractivity (Wildman–Crippen MR) is 119 cm³/mol. The van der Waals surface area contributed by atoms with Gasteiger partial charge in [-0.3, -0.25) is 24.1 Å². The maximum absolute atomic E-state index is 13.0. The molecule has 2 aliphatic heterocycles. The number of fused-ring (bicyclic) bond motifs is 1. The molecule has 0 bridgehead atoms. The number of ether oxygens (including phenoxy) is 1. The van der Waals surface area contributed by atoms with Gasteiger partial charge in [-0.25, -0.2) is 9.59 Å². The number of nitrogens with two attached hydrogens (primary N) is 1. The fourth-order valence-electron chi connectivity index (χ4n) is 3.29. The van der Waals surface area contributed by atoms with Gasteiger partial charge in [0.15, 0.2) is 0 Å². The molecule has 0 radical (unpaired) electrons. The molecule has 3 rings (SSSR count). The van der Waals surface area contributed by atoms with Gasteiger partial charge in [0.25, 0.3) is 5.91 Å². The average Bonchev–Trinajstić information content (AvgIpc) is 3.31. The summed E-state index contributed by atoms with van der Waals surface area (Å²) in [5, 5.41) is 17.8. The van der Waals surface area contributed by atoms with E-state index in [4.69, 9.17) is 10.5 Å². The third-order valence-corrected chi connectivity index (χ3v) is 7.06. The van der Waals surface area contributed by atoms with Crippen LogP contribution in [0.1, 0.15) is 17.8 Å². The second-order valence-corrected chi connectivity index (χ2v) is 9.26. The van der Waals surface area contributed by atoms with Crippen LogP contribution >= 0.6 is 23.1 Å². The number of carboxylic acid groups (broad SMARTS) is 1. The maximum Gasteiger partial charge on any atom is 0.352 e. The predicted octanol–water partition coefficient (Wildman–Crippen LogP) is -1.12. The van der Waals surface area contributed by atoms with Crippen molar-refractivity contribution in [2.24, 2.45) is 5.73 Å². The number of carbonyl (C=O) groups excluding carboxylic acids is 5. The number of carbonyl (C=O) groups is 6. The molecule has 1 aromatic rings. The minimum absolute atomic E-state index is 0.178. The summed E-state index contributed by atoms with van der Waals surface area (Å²) in [7, 11) is 0. The molecule has 15 heteroatoms. The zero-order valence-corrected chi connectivity index (χ0v) is 19.4. The monoisotopic (exact) mass is 511 g/mol. The van der Waals surface area contributed by atoms with Gasteiger partial charge in [-0.1, -0.05) is 6.07 Å². The largest absolute Gasteiger partial charge is 0.477 e. The van der Waals surface area contributed by atoms with Crippen molar-refractivity contribution in [1.82, 2.24) is 20.9 Å². The van der Waals surface area contributed by atoms with Crippen LogP contribution in [0.2, 0.25) is 0 Å². The van der Waals surface area contributed by atoms with Crippen LogP contribution in [0.3, 0.4) is 0 Å². The molecular weight excluding hydrogens is 490 g/mol. The molecule has 0 saturated carbocycles. The van der Waals surface area contributed by atoms with Crippen LogP contribution in [0.5, 0.6) is 0 Å². The van der Waals surface area contributed by atoms with Crippen LogP contribution in [0.15, 0.2) is 28.8 Å². The Bertz CT molecular complexity index is 1060. The van der Waals surface area contributed by atoms with Gasteiger partial charge >= 0.3 is 18.0 Å². The van der Waals surface area contributed by atoms with E-state index in [0.717, 1.165) is 4.90 Å². The summed E-state index contributed by atoms with van der Waals surface area (Å²) in [5.41, 5.74) is 4.99. The Kier molecular flexibility index (Phi) is 7.78. The fourth-order valence-corrected chi connectivity index (χ4v) is 5.39. The first kappa shape index (κ1) is 25.0. The van der Waals surface area contributed by atoms with Crippen molar-refractivity contribution in [2.45, 2.75) is 24.4 Å². The molecule has 1 saturated heterocycles. The third-order valence-electron chi connectivity index (χ3n) is 4.79. The number of primary amides is 1. The van der Waals surface area contributed by atoms with Gasteiger partial charge in [-0.2, -0.15) is 0 Å². The zero-order chi connectivity index (χ0) is 25.0. The number of rotatable bonds is 9. The van der Waals surface area contributed by atoms with Gasteiger partial charge < -0.3 is 31.5 Å². The second kappa shape index (κ2) is 10.6. The van der Waals surface area contributed by atoms with Crippen molar-refractivity contribution in [3.05, 3.63) is 33.7 Å². The maximum atomic E-state index is 13.0. The highest BCUT2D eigenvalue weighted by Gasteiger charge is 2.54. The molecule has 0 aliphatic carbocycles. The Balaban J connectivity index is 1.72. The quantitative estimate of drug-likeness (QED) is 0.201. The van der Waals surface area contributed by atoms with Gasteiger partial charge in [0.1, 0.15) is 29.8 Å². The van der Waals surface area contributed by atoms with Crippen molar-refractivity contribution in [2.75, 3.05) is 18.9 Å². The van der Waals surface area contributed by atoms with Gasteiger partial charge in [-0.05, 0) is 11.4 Å². The van der Waals surface area contributed by atoms with Gasteiger partial charge in [0, 0.05) is 23.1 Å². The van der Waals surface area contributed by atoms with Gasteiger partial charge in [-0.15, -0.1) is 23.1 Å². The van der Waals surface area contributed by atoms with E-state index >= 15 is 0 Å². The molecule has 182 valence electrons. The Labute approximate surface area is 201 Å². The Hall–Kier alpha value is -3.59. The first-order valence-electron chi connectivity index (χ1n) is 9.80. The van der Waals surface area contributed by atoms with Crippen LogP contribution in [-0.4, -0.2) is 76.0 Å². The van der Waals surface area contributed by atoms with Crippen molar-refractivity contribution in [1.29, 1.82) is 0 Å². The lowest BCUT2D eigenvalue weighted by atomic mass is 10.0. The third kappa shape index (κ3) is 5.48. The molecule has 3 heterocycles. The molecule has 0 aromatic carbocycles. The van der Waals surface area contributed by atoms with Crippen LogP contribution in [0, 0.1) is 0 Å². The van der Waals surface area contributed by atoms with Crippen LogP contribution in [0.4, 0.5) is 4.79 Å². The van der Waals surface area contributed by atoms with E-state index in [9.17, 15) is 33.9 Å². The molecule has 5 amide bonds. The second-order valence-electron chi connectivity index (χ2n) is 7.18. The van der Waals surface area contributed by atoms with Crippen LogP contribution in [-0.2, 0) is 28.7 Å². The molecule has 0 spiro atoms. The van der Waals surface area contributed by atoms with Crippen LogP contribution < -0.4 is 21.7 Å². The molecule has 3 atom stereocenters. The van der Waals surface area contributed by atoms with Crippen LogP contribution in [0.25, 0.3) is 0 Å². The Morgan fingerprint density at radius 2 is 2.06 bits per heavy atom. The smallest absolute Gasteiger partial charge is 0.352 e. The zero-order valence-electron chi connectivity index (χ0n) is 17.7. The number of esters is 1. The molecule has 1 fully saturated rings. The number of urea groups is 1. The number of thioether (sulfide) groups is 1. The van der Waals surface area contributed by atoms with E-state index in [2.05, 4.69) is 16.0 Å². The molecule has 13 nitrogen and oxygen atoms in total. The van der Waals surface area contributed by atoms with Crippen molar-refractivity contribution in [3.63, 3.8) is 0 Å². The molecule has 2 unspecified atom stereocenters. The summed E-state index contributed by atoms with van der Waals surface area (Å²) >= 11 is 2.40. The lowest BCUT2D eigenvalue weighted by Crippen LogP contribution is -2.71. The normalized spacial score (nSPS) is 19.9. The Morgan fingerprint density at radius 1 is 1.32 bits per heavy atom. The summed E-state index contributed by atoms with van der Waals surface area (Å²) in [6.45, 7) is 0.494. The molecule has 2 aliphatic rings. The Morgan fingerprint density at radius 3 is 2.65 bits per heavy atom. The van der Waals surface area contributed by atoms with E-state index in [-0.39, 0.29) is 23.6 Å². The summed E-state index contributed by atoms with van der Waals surface area (Å²) in [6, 6.07) is 0.273. The highest BCUT2D eigenvalue weighted by molar-refractivity contribution is 8.00. The lowest BCUT2D eigenvalue weighted by molar-refractivity contribution is -0.151. The number of hydrogen-bond donors (Lipinski definition) is 5. The van der Waals surface area contributed by atoms with E-state index in [1.165, 1.54) is 30.0 Å². The molecule has 1 aromatic heterocycles. The molecule has 6 N–H and O–H groups in total. The number of aliphatic carboxylic acids is 1. The van der Waals surface area contributed by atoms with E-state index in [1.807, 2.05) is 0 Å². The van der Waals surface area contributed by atoms with E-state index < -0.39 is 59.7 Å². The minimum Gasteiger partial charge on any atom is -0.477 e. The summed E-state index contributed by atoms with van der Waals surface area (Å²) in [5.74, 6) is -3.87. The fraction of sp³-hybridized carbons (Fsp3) is 0.368. The number of nitrogens with one attached hydrogen (secondary N) is 3. The first-order chi connectivity index (χ1) is 16.1. The standard InChI is InChI=1S/C19H21N5O8S2/c1-8(25)32-6-9-7-34-17-13(16(28)24(17)14(9)18(29)30)22-15(27)12(10-3-2-4-33-10)23-19(31)21-5-11(20)26/h2-4,12-13,17H,5-7H2,1H3,(H2,20,26)(H,22,27)(H,29,30)(H2,21,23,31)/t12?,13-,17?/m0/s1. The van der Waals surface area contributed by atoms with Crippen molar-refractivity contribution < 1.29 is 38.6 Å². The first-order valence-corrected chi connectivity index (χ1v) is 11.7. The number of carboxylic acids is 1. The highest BCUT2D eigenvalue weighted by atomic mass is 32.2.